The predicted octanol–water partition coefficient (Wildman–Crippen LogP) is 2.73. The van der Waals surface area contributed by atoms with Crippen molar-refractivity contribution in [3.05, 3.63) is 52.8 Å². The first-order valence-electron chi connectivity index (χ1n) is 4.87. The monoisotopic (exact) mass is 292 g/mol. The van der Waals surface area contributed by atoms with Gasteiger partial charge in [0.05, 0.1) is 16.4 Å². The van der Waals surface area contributed by atoms with Crippen molar-refractivity contribution in [2.45, 2.75) is 0 Å². The minimum absolute atomic E-state index is 0.836. The SMILES string of the molecule is O=C(O)/C=C/c1ccc(-n2cc(Br)cn2)cc1. The molecule has 0 amide bonds. The maximum Gasteiger partial charge on any atom is 0.328 e. The Morgan fingerprint density at radius 2 is 2.06 bits per heavy atom. The second kappa shape index (κ2) is 4.97. The lowest BCUT2D eigenvalue weighted by atomic mass is 10.2. The van der Waals surface area contributed by atoms with Crippen LogP contribution in [0.15, 0.2) is 47.2 Å². The van der Waals surface area contributed by atoms with Crippen LogP contribution in [0.3, 0.4) is 0 Å². The van der Waals surface area contributed by atoms with Gasteiger partial charge >= 0.3 is 5.97 Å². The number of aromatic nitrogens is 2. The fraction of sp³-hybridized carbons (Fsp3) is 0. The Kier molecular flexibility index (Phi) is 3.39. The molecule has 1 aromatic carbocycles. The van der Waals surface area contributed by atoms with E-state index in [1.54, 1.807) is 17.0 Å². The summed E-state index contributed by atoms with van der Waals surface area (Å²) in [4.78, 5) is 10.4. The number of carboxylic acids is 1. The van der Waals surface area contributed by atoms with Gasteiger partial charge < -0.3 is 5.11 Å². The van der Waals surface area contributed by atoms with E-state index in [0.717, 1.165) is 21.8 Å². The van der Waals surface area contributed by atoms with Gasteiger partial charge in [-0.2, -0.15) is 5.10 Å². The lowest BCUT2D eigenvalue weighted by molar-refractivity contribution is -0.131. The molecule has 0 saturated heterocycles. The van der Waals surface area contributed by atoms with Gasteiger partial charge in [0, 0.05) is 12.3 Å². The summed E-state index contributed by atoms with van der Waals surface area (Å²) in [6, 6.07) is 7.43. The molecule has 0 aliphatic heterocycles. The van der Waals surface area contributed by atoms with Gasteiger partial charge in [0.15, 0.2) is 0 Å². The predicted molar refractivity (Wildman–Crippen MR) is 67.9 cm³/mol. The molecule has 2 aromatic rings. The third-order valence-corrected chi connectivity index (χ3v) is 2.54. The van der Waals surface area contributed by atoms with E-state index in [2.05, 4.69) is 21.0 Å². The maximum atomic E-state index is 10.4. The van der Waals surface area contributed by atoms with Crippen LogP contribution >= 0.6 is 15.9 Å². The number of aliphatic carboxylic acids is 1. The van der Waals surface area contributed by atoms with Crippen molar-refractivity contribution in [2.75, 3.05) is 0 Å². The Bertz CT molecular complexity index is 558. The van der Waals surface area contributed by atoms with Crippen LogP contribution in [0.1, 0.15) is 5.56 Å². The molecule has 17 heavy (non-hydrogen) atoms. The van der Waals surface area contributed by atoms with E-state index < -0.39 is 5.97 Å². The molecule has 1 heterocycles. The molecule has 1 aromatic heterocycles. The van der Waals surface area contributed by atoms with E-state index in [4.69, 9.17) is 5.11 Å². The quantitative estimate of drug-likeness (QED) is 0.885. The maximum absolute atomic E-state index is 10.4. The zero-order valence-corrected chi connectivity index (χ0v) is 10.3. The first kappa shape index (κ1) is 11.6. The number of hydrogen-bond acceptors (Lipinski definition) is 2. The van der Waals surface area contributed by atoms with Crippen LogP contribution in [0.2, 0.25) is 0 Å². The third-order valence-electron chi connectivity index (χ3n) is 2.13. The normalized spacial score (nSPS) is 10.9. The highest BCUT2D eigenvalue weighted by Crippen LogP contribution is 2.13. The van der Waals surface area contributed by atoms with Crippen LogP contribution in [0.25, 0.3) is 11.8 Å². The Morgan fingerprint density at radius 3 is 2.59 bits per heavy atom. The number of halogens is 1. The van der Waals surface area contributed by atoms with Crippen LogP contribution in [0, 0.1) is 0 Å². The summed E-state index contributed by atoms with van der Waals surface area (Å²) in [5, 5.41) is 12.7. The van der Waals surface area contributed by atoms with E-state index in [1.807, 2.05) is 30.5 Å². The molecule has 5 heteroatoms. The van der Waals surface area contributed by atoms with Crippen molar-refractivity contribution in [3.63, 3.8) is 0 Å². The van der Waals surface area contributed by atoms with E-state index in [-0.39, 0.29) is 0 Å². The molecule has 0 aliphatic rings. The van der Waals surface area contributed by atoms with Crippen molar-refractivity contribution < 1.29 is 9.90 Å². The summed E-state index contributed by atoms with van der Waals surface area (Å²) in [5.41, 5.74) is 1.76. The van der Waals surface area contributed by atoms with Crippen LogP contribution in [-0.2, 0) is 4.79 Å². The van der Waals surface area contributed by atoms with Gasteiger partial charge in [0.25, 0.3) is 0 Å². The lowest BCUT2D eigenvalue weighted by Crippen LogP contribution is -1.93. The molecule has 0 saturated carbocycles. The second-order valence-electron chi connectivity index (χ2n) is 3.37. The molecular weight excluding hydrogens is 284 g/mol. The average molecular weight is 293 g/mol. The van der Waals surface area contributed by atoms with Gasteiger partial charge in [-0.05, 0) is 39.7 Å². The van der Waals surface area contributed by atoms with Gasteiger partial charge in [-0.15, -0.1) is 0 Å². The Balaban J connectivity index is 2.21. The summed E-state index contributed by atoms with van der Waals surface area (Å²) in [6.07, 6.45) is 6.21. The molecule has 4 nitrogen and oxygen atoms in total. The van der Waals surface area contributed by atoms with Crippen LogP contribution in [0.4, 0.5) is 0 Å². The number of carbonyl (C=O) groups is 1. The van der Waals surface area contributed by atoms with Gasteiger partial charge in [0.1, 0.15) is 0 Å². The van der Waals surface area contributed by atoms with Crippen LogP contribution < -0.4 is 0 Å². The molecule has 1 N–H and O–H groups in total. The second-order valence-corrected chi connectivity index (χ2v) is 4.28. The van der Waals surface area contributed by atoms with Crippen molar-refractivity contribution >= 4 is 28.0 Å². The minimum atomic E-state index is -0.954. The lowest BCUT2D eigenvalue weighted by Gasteiger charge is -2.01. The standard InChI is InChI=1S/C12H9BrN2O2/c13-10-7-14-15(8-10)11-4-1-9(2-5-11)3-6-12(16)17/h1-8H,(H,16,17)/b6-3+. The molecule has 0 bridgehead atoms. The van der Waals surface area contributed by atoms with Crippen molar-refractivity contribution in [2.24, 2.45) is 0 Å². The third kappa shape index (κ3) is 3.04. The van der Waals surface area contributed by atoms with Crippen molar-refractivity contribution in [1.29, 1.82) is 0 Å². The fourth-order valence-electron chi connectivity index (χ4n) is 1.35. The Labute approximate surface area is 106 Å². The van der Waals surface area contributed by atoms with Gasteiger partial charge in [-0.1, -0.05) is 12.1 Å². The zero-order valence-electron chi connectivity index (χ0n) is 8.75. The first-order chi connectivity index (χ1) is 8.15. The van der Waals surface area contributed by atoms with Crippen molar-refractivity contribution in [3.8, 4) is 5.69 Å². The van der Waals surface area contributed by atoms with Gasteiger partial charge in [-0.3, -0.25) is 0 Å². The Hall–Kier alpha value is -1.88. The Morgan fingerprint density at radius 1 is 1.35 bits per heavy atom. The minimum Gasteiger partial charge on any atom is -0.478 e. The molecule has 0 radical (unpaired) electrons. The highest BCUT2D eigenvalue weighted by atomic mass is 79.9. The smallest absolute Gasteiger partial charge is 0.328 e. The summed E-state index contributed by atoms with van der Waals surface area (Å²) in [6.45, 7) is 0. The van der Waals surface area contributed by atoms with Crippen LogP contribution in [0.5, 0.6) is 0 Å². The number of rotatable bonds is 3. The molecular formula is C12H9BrN2O2. The topological polar surface area (TPSA) is 55.1 Å². The molecule has 0 atom stereocenters. The van der Waals surface area contributed by atoms with Crippen molar-refractivity contribution in [1.82, 2.24) is 9.78 Å². The number of carboxylic acid groups (broad SMARTS) is 1. The van der Waals surface area contributed by atoms with Gasteiger partial charge in [-0.25, -0.2) is 9.48 Å². The molecule has 0 aliphatic carbocycles. The van der Waals surface area contributed by atoms with E-state index in [0.29, 0.717) is 0 Å². The van der Waals surface area contributed by atoms with E-state index >= 15 is 0 Å². The largest absolute Gasteiger partial charge is 0.478 e. The zero-order chi connectivity index (χ0) is 12.3. The first-order valence-corrected chi connectivity index (χ1v) is 5.66. The molecule has 0 unspecified atom stereocenters. The highest BCUT2D eigenvalue weighted by Gasteiger charge is 1.98. The molecule has 86 valence electrons. The fourth-order valence-corrected chi connectivity index (χ4v) is 1.63. The number of nitrogens with zero attached hydrogens (tertiary/aromatic N) is 2. The summed E-state index contributed by atoms with van der Waals surface area (Å²) in [7, 11) is 0. The summed E-state index contributed by atoms with van der Waals surface area (Å²) >= 11 is 3.32. The summed E-state index contributed by atoms with van der Waals surface area (Å²) in [5.74, 6) is -0.954. The highest BCUT2D eigenvalue weighted by molar-refractivity contribution is 9.10. The van der Waals surface area contributed by atoms with E-state index in [9.17, 15) is 4.79 Å². The molecule has 0 spiro atoms. The van der Waals surface area contributed by atoms with E-state index in [1.165, 1.54) is 0 Å². The van der Waals surface area contributed by atoms with Gasteiger partial charge in [0.2, 0.25) is 0 Å². The van der Waals surface area contributed by atoms with Crippen LogP contribution in [-0.4, -0.2) is 20.9 Å². The number of hydrogen-bond donors (Lipinski definition) is 1. The number of benzene rings is 1. The molecule has 2 rings (SSSR count). The summed E-state index contributed by atoms with van der Waals surface area (Å²) < 4.78 is 2.64. The average Bonchev–Trinajstić information content (AvgIpc) is 2.74. The molecule has 0 fully saturated rings.